The number of likely N-dealkylation sites (tertiary alicyclic amines) is 1. The number of aliphatic carboxylic acids is 1. The Bertz CT molecular complexity index is 411. The first-order valence-corrected chi connectivity index (χ1v) is 4.72. The van der Waals surface area contributed by atoms with Gasteiger partial charge in [-0.2, -0.15) is 0 Å². The molecule has 2 fully saturated rings. The van der Waals surface area contributed by atoms with Crippen molar-refractivity contribution < 1.29 is 29.4 Å². The second kappa shape index (κ2) is 3.34. The van der Waals surface area contributed by atoms with Crippen molar-refractivity contribution in [2.45, 2.75) is 18.0 Å². The number of carbonyl (C=O) groups excluding carboxylic acids is 2. The van der Waals surface area contributed by atoms with Gasteiger partial charge in [-0.3, -0.25) is 15.0 Å². The third-order valence-corrected chi connectivity index (χ3v) is 2.90. The van der Waals surface area contributed by atoms with Gasteiger partial charge in [-0.05, 0) is 0 Å². The van der Waals surface area contributed by atoms with Gasteiger partial charge in [0.25, 0.3) is 5.91 Å². The van der Waals surface area contributed by atoms with Crippen LogP contribution in [-0.2, 0) is 9.59 Å². The average Bonchev–Trinajstić information content (AvgIpc) is 2.70. The lowest BCUT2D eigenvalue weighted by atomic mass is 9.96. The maximum Gasteiger partial charge on any atom is 0.408 e. The van der Waals surface area contributed by atoms with E-state index in [-0.39, 0.29) is 13.0 Å². The Labute approximate surface area is 94.4 Å². The van der Waals surface area contributed by atoms with E-state index in [4.69, 9.17) is 10.2 Å². The molecule has 1 spiro atoms. The van der Waals surface area contributed by atoms with Crippen LogP contribution in [0.1, 0.15) is 6.42 Å². The monoisotopic (exact) mass is 243 g/mol. The van der Waals surface area contributed by atoms with Crippen LogP contribution >= 0.6 is 0 Å². The van der Waals surface area contributed by atoms with Crippen LogP contribution in [0.15, 0.2) is 0 Å². The highest BCUT2D eigenvalue weighted by Gasteiger charge is 2.57. The number of rotatable bonds is 1. The molecule has 0 radical (unpaired) electrons. The molecule has 92 valence electrons. The Morgan fingerprint density at radius 1 is 1.35 bits per heavy atom. The molecule has 2 saturated heterocycles. The minimum Gasteiger partial charge on any atom is -0.480 e. The summed E-state index contributed by atoms with van der Waals surface area (Å²) in [7, 11) is 0. The van der Waals surface area contributed by atoms with E-state index >= 15 is 0 Å². The number of imide groups is 1. The van der Waals surface area contributed by atoms with E-state index in [1.165, 1.54) is 0 Å². The number of nitrogens with zero attached hydrogens (tertiary/aromatic N) is 1. The van der Waals surface area contributed by atoms with Crippen molar-refractivity contribution in [3.63, 3.8) is 0 Å². The molecule has 2 atom stereocenters. The Morgan fingerprint density at radius 2 is 2.00 bits per heavy atom. The van der Waals surface area contributed by atoms with Crippen molar-refractivity contribution in [2.24, 2.45) is 0 Å². The number of hydrogen-bond acceptors (Lipinski definition) is 4. The van der Waals surface area contributed by atoms with Crippen LogP contribution in [0.5, 0.6) is 0 Å². The normalized spacial score (nSPS) is 31.5. The average molecular weight is 243 g/mol. The Hall–Kier alpha value is -2.32. The highest BCUT2D eigenvalue weighted by atomic mass is 16.4. The maximum absolute atomic E-state index is 11.5. The lowest BCUT2D eigenvalue weighted by Crippen LogP contribution is -2.49. The second-order valence-corrected chi connectivity index (χ2v) is 3.96. The minimum atomic E-state index is -1.46. The molecular weight excluding hydrogens is 234 g/mol. The zero-order chi connectivity index (χ0) is 12.8. The first-order chi connectivity index (χ1) is 7.85. The number of urea groups is 1. The van der Waals surface area contributed by atoms with Gasteiger partial charge in [0.1, 0.15) is 11.6 Å². The zero-order valence-electron chi connectivity index (χ0n) is 8.47. The van der Waals surface area contributed by atoms with E-state index in [9.17, 15) is 19.2 Å². The Kier molecular flexibility index (Phi) is 2.19. The molecule has 2 heterocycles. The van der Waals surface area contributed by atoms with Crippen LogP contribution in [0.3, 0.4) is 0 Å². The molecule has 0 aromatic carbocycles. The van der Waals surface area contributed by atoms with Crippen LogP contribution in [0.4, 0.5) is 9.59 Å². The fourth-order valence-corrected chi connectivity index (χ4v) is 2.11. The van der Waals surface area contributed by atoms with Crippen molar-refractivity contribution in [3.05, 3.63) is 0 Å². The number of hydrogen-bond donors (Lipinski definition) is 4. The molecule has 4 amide bonds. The summed E-state index contributed by atoms with van der Waals surface area (Å²) in [6, 6.07) is -2.08. The molecule has 1 unspecified atom stereocenters. The number of carboxylic acid groups (broad SMARTS) is 2. The molecule has 0 saturated carbocycles. The number of carboxylic acids is 1. The van der Waals surface area contributed by atoms with Gasteiger partial charge < -0.3 is 15.5 Å². The van der Waals surface area contributed by atoms with Crippen LogP contribution in [0, 0.1) is 0 Å². The summed E-state index contributed by atoms with van der Waals surface area (Å²) >= 11 is 0. The van der Waals surface area contributed by atoms with Gasteiger partial charge >= 0.3 is 18.1 Å². The highest BCUT2D eigenvalue weighted by molar-refractivity contribution is 6.08. The van der Waals surface area contributed by atoms with Crippen LogP contribution in [-0.4, -0.2) is 57.2 Å². The molecule has 4 N–H and O–H groups in total. The standard InChI is InChI=1S/C8H9N3O6/c12-4(13)3-1-8(2-11(3)7(16)17)5(14)9-6(15)10-8/h3H,1-2H2,(H,12,13)(H,16,17)(H2,9,10,14,15)/t3-,8?/m0/s1. The summed E-state index contributed by atoms with van der Waals surface area (Å²) in [6.07, 6.45) is -1.71. The fourth-order valence-electron chi connectivity index (χ4n) is 2.11. The Balaban J connectivity index is 2.31. The van der Waals surface area contributed by atoms with Gasteiger partial charge in [0.05, 0.1) is 6.54 Å². The first kappa shape index (κ1) is 11.2. The van der Waals surface area contributed by atoms with E-state index in [2.05, 4.69) is 5.32 Å². The molecule has 0 aromatic rings. The molecular formula is C8H9N3O6. The van der Waals surface area contributed by atoms with Crippen LogP contribution in [0.25, 0.3) is 0 Å². The first-order valence-electron chi connectivity index (χ1n) is 4.72. The van der Waals surface area contributed by atoms with Gasteiger partial charge in [-0.15, -0.1) is 0 Å². The largest absolute Gasteiger partial charge is 0.480 e. The summed E-state index contributed by atoms with van der Waals surface area (Å²) in [5.41, 5.74) is -1.46. The van der Waals surface area contributed by atoms with E-state index in [1.54, 1.807) is 0 Å². The lowest BCUT2D eigenvalue weighted by Gasteiger charge is -2.19. The van der Waals surface area contributed by atoms with Gasteiger partial charge in [-0.25, -0.2) is 14.4 Å². The van der Waals surface area contributed by atoms with E-state index in [0.29, 0.717) is 4.90 Å². The van der Waals surface area contributed by atoms with E-state index in [1.807, 2.05) is 5.32 Å². The second-order valence-electron chi connectivity index (χ2n) is 3.96. The summed E-state index contributed by atoms with van der Waals surface area (Å²) in [5.74, 6) is -2.05. The predicted molar refractivity (Wildman–Crippen MR) is 50.2 cm³/mol. The summed E-state index contributed by atoms with van der Waals surface area (Å²) < 4.78 is 0. The van der Waals surface area contributed by atoms with Crippen molar-refractivity contribution in [1.29, 1.82) is 0 Å². The Morgan fingerprint density at radius 3 is 2.35 bits per heavy atom. The molecule has 17 heavy (non-hydrogen) atoms. The maximum atomic E-state index is 11.5. The lowest BCUT2D eigenvalue weighted by molar-refractivity contribution is -0.141. The van der Waals surface area contributed by atoms with E-state index in [0.717, 1.165) is 0 Å². The molecule has 9 nitrogen and oxygen atoms in total. The van der Waals surface area contributed by atoms with E-state index < -0.39 is 35.6 Å². The van der Waals surface area contributed by atoms with Gasteiger partial charge in [0.2, 0.25) is 0 Å². The quantitative estimate of drug-likeness (QED) is 0.409. The molecule has 9 heteroatoms. The smallest absolute Gasteiger partial charge is 0.408 e. The van der Waals surface area contributed by atoms with Gasteiger partial charge in [0, 0.05) is 6.42 Å². The van der Waals surface area contributed by atoms with Gasteiger partial charge in [-0.1, -0.05) is 0 Å². The predicted octanol–water partition coefficient (Wildman–Crippen LogP) is -1.60. The minimum absolute atomic E-state index is 0.272. The van der Waals surface area contributed by atoms with Gasteiger partial charge in [0.15, 0.2) is 0 Å². The summed E-state index contributed by atoms with van der Waals surface area (Å²) in [5, 5.41) is 22.0. The van der Waals surface area contributed by atoms with Crippen molar-refractivity contribution >= 4 is 24.0 Å². The third kappa shape index (κ3) is 1.55. The fraction of sp³-hybridized carbons (Fsp3) is 0.500. The van der Waals surface area contributed by atoms with Crippen molar-refractivity contribution in [1.82, 2.24) is 15.5 Å². The summed E-state index contributed by atoms with van der Waals surface area (Å²) in [4.78, 5) is 44.9. The topological polar surface area (TPSA) is 136 Å². The number of carbonyl (C=O) groups is 4. The highest BCUT2D eigenvalue weighted by Crippen LogP contribution is 2.30. The number of nitrogens with one attached hydrogen (secondary N) is 2. The van der Waals surface area contributed by atoms with Crippen LogP contribution in [0.2, 0.25) is 0 Å². The molecule has 0 aromatic heterocycles. The number of amides is 4. The summed E-state index contributed by atoms with van der Waals surface area (Å²) in [6.45, 7) is -0.364. The zero-order valence-corrected chi connectivity index (χ0v) is 8.47. The molecule has 2 aliphatic heterocycles. The molecule has 2 aliphatic rings. The SMILES string of the molecule is O=C1NC(=O)C2(C[C@@H](C(=O)O)N(C(=O)O)C2)N1. The third-order valence-electron chi connectivity index (χ3n) is 2.90. The molecule has 0 bridgehead atoms. The van der Waals surface area contributed by atoms with Crippen molar-refractivity contribution in [3.8, 4) is 0 Å². The van der Waals surface area contributed by atoms with Crippen molar-refractivity contribution in [2.75, 3.05) is 6.54 Å². The van der Waals surface area contributed by atoms with Crippen LogP contribution < -0.4 is 10.6 Å². The molecule has 2 rings (SSSR count). The molecule has 0 aliphatic carbocycles.